The van der Waals surface area contributed by atoms with E-state index < -0.39 is 5.97 Å². The van der Waals surface area contributed by atoms with Crippen LogP contribution in [-0.4, -0.2) is 49.2 Å². The quantitative estimate of drug-likeness (QED) is 0.883. The highest BCUT2D eigenvalue weighted by atomic mass is 32.1. The largest absolute Gasteiger partial charge is 0.481 e. The molecule has 2 aromatic heterocycles. The van der Waals surface area contributed by atoms with Gasteiger partial charge in [0.1, 0.15) is 9.88 Å². The predicted molar refractivity (Wildman–Crippen MR) is 94.6 cm³/mol. The zero-order chi connectivity index (χ0) is 18.0. The van der Waals surface area contributed by atoms with Crippen LogP contribution in [0.15, 0.2) is 12.4 Å². The minimum Gasteiger partial charge on any atom is -0.481 e. The van der Waals surface area contributed by atoms with Gasteiger partial charge >= 0.3 is 5.97 Å². The van der Waals surface area contributed by atoms with E-state index in [4.69, 9.17) is 5.11 Å². The molecule has 1 saturated heterocycles. The first-order chi connectivity index (χ1) is 12.0. The second kappa shape index (κ2) is 7.35. The number of aromatic nitrogens is 3. The van der Waals surface area contributed by atoms with Crippen LogP contribution in [0.1, 0.15) is 47.5 Å². The Bertz CT molecular complexity index is 783. The minimum atomic E-state index is -0.814. The summed E-state index contributed by atoms with van der Waals surface area (Å²) in [6, 6.07) is 0.000641. The summed E-state index contributed by atoms with van der Waals surface area (Å²) < 4.78 is 1.71. The SMILES string of the molecule is Cc1nc(-c2cnn(C)c2)sc1C(=O)N1CCCCC1CCC(=O)O. The summed E-state index contributed by atoms with van der Waals surface area (Å²) in [5.74, 6) is -0.842. The second-order valence-electron chi connectivity index (χ2n) is 6.42. The van der Waals surface area contributed by atoms with Gasteiger partial charge in [-0.3, -0.25) is 14.3 Å². The molecule has 1 aliphatic heterocycles. The molecule has 1 atom stereocenters. The fourth-order valence-electron chi connectivity index (χ4n) is 3.24. The van der Waals surface area contributed by atoms with Crippen LogP contribution in [0.25, 0.3) is 10.6 Å². The van der Waals surface area contributed by atoms with Gasteiger partial charge in [0.2, 0.25) is 0 Å². The van der Waals surface area contributed by atoms with Crippen LogP contribution in [0, 0.1) is 6.92 Å². The molecule has 0 spiro atoms. The number of hydrogen-bond donors (Lipinski definition) is 1. The van der Waals surface area contributed by atoms with Gasteiger partial charge in [0.15, 0.2) is 0 Å². The fraction of sp³-hybridized carbons (Fsp3) is 0.529. The fourth-order valence-corrected chi connectivity index (χ4v) is 4.24. The number of nitrogens with zero attached hydrogens (tertiary/aromatic N) is 4. The van der Waals surface area contributed by atoms with Crippen LogP contribution >= 0.6 is 11.3 Å². The molecule has 0 aromatic carbocycles. The molecule has 2 aromatic rings. The third-order valence-corrected chi connectivity index (χ3v) is 5.72. The van der Waals surface area contributed by atoms with Gasteiger partial charge in [0, 0.05) is 37.8 Å². The molecule has 134 valence electrons. The van der Waals surface area contributed by atoms with Crippen molar-refractivity contribution in [2.24, 2.45) is 7.05 Å². The van der Waals surface area contributed by atoms with Crippen LogP contribution in [0.2, 0.25) is 0 Å². The van der Waals surface area contributed by atoms with Gasteiger partial charge in [-0.25, -0.2) is 4.98 Å². The average Bonchev–Trinajstić information content (AvgIpc) is 3.18. The van der Waals surface area contributed by atoms with Crippen molar-refractivity contribution < 1.29 is 14.7 Å². The number of carboxylic acid groups (broad SMARTS) is 1. The lowest BCUT2D eigenvalue weighted by Gasteiger charge is -2.35. The standard InChI is InChI=1S/C17H22N4O3S/c1-11-15(25-16(19-11)12-9-18-20(2)10-12)17(24)21-8-4-3-5-13(21)6-7-14(22)23/h9-10,13H,3-8H2,1-2H3,(H,22,23). The molecule has 3 heterocycles. The van der Waals surface area contributed by atoms with Crippen LogP contribution in [0.5, 0.6) is 0 Å². The van der Waals surface area contributed by atoms with Crippen LogP contribution in [0.4, 0.5) is 0 Å². The molecule has 7 nitrogen and oxygen atoms in total. The van der Waals surface area contributed by atoms with Gasteiger partial charge in [-0.15, -0.1) is 11.3 Å². The Morgan fingerprint density at radius 3 is 2.88 bits per heavy atom. The summed E-state index contributed by atoms with van der Waals surface area (Å²) in [6.07, 6.45) is 7.09. The molecule has 0 bridgehead atoms. The number of carbonyl (C=O) groups is 2. The van der Waals surface area contributed by atoms with E-state index in [0.717, 1.165) is 35.5 Å². The van der Waals surface area contributed by atoms with Gasteiger partial charge in [0.25, 0.3) is 5.91 Å². The highest BCUT2D eigenvalue weighted by molar-refractivity contribution is 7.17. The van der Waals surface area contributed by atoms with Crippen molar-refractivity contribution in [3.05, 3.63) is 23.0 Å². The van der Waals surface area contributed by atoms with Crippen molar-refractivity contribution in [3.8, 4) is 10.6 Å². The third-order valence-electron chi connectivity index (χ3n) is 4.52. The molecule has 0 aliphatic carbocycles. The summed E-state index contributed by atoms with van der Waals surface area (Å²) in [6.45, 7) is 2.53. The molecular formula is C17H22N4O3S. The number of amides is 1. The van der Waals surface area contributed by atoms with E-state index in [-0.39, 0.29) is 18.4 Å². The molecule has 8 heteroatoms. The number of aryl methyl sites for hydroxylation is 2. The van der Waals surface area contributed by atoms with E-state index in [1.54, 1.807) is 10.9 Å². The summed E-state index contributed by atoms with van der Waals surface area (Å²) in [5, 5.41) is 13.9. The molecule has 0 radical (unpaired) electrons. The Morgan fingerprint density at radius 2 is 2.20 bits per heavy atom. The predicted octanol–water partition coefficient (Wildman–Crippen LogP) is 2.71. The molecule has 1 aliphatic rings. The number of carbonyl (C=O) groups excluding carboxylic acids is 1. The maximum Gasteiger partial charge on any atom is 0.303 e. The topological polar surface area (TPSA) is 88.3 Å². The number of likely N-dealkylation sites (tertiary alicyclic amines) is 1. The lowest BCUT2D eigenvalue weighted by atomic mass is 9.97. The molecule has 3 rings (SSSR count). The average molecular weight is 362 g/mol. The molecule has 1 N–H and O–H groups in total. The number of aliphatic carboxylic acids is 1. The van der Waals surface area contributed by atoms with E-state index in [1.165, 1.54) is 11.3 Å². The van der Waals surface area contributed by atoms with Gasteiger partial charge in [-0.05, 0) is 32.6 Å². The number of carboxylic acids is 1. The Morgan fingerprint density at radius 1 is 1.40 bits per heavy atom. The van der Waals surface area contributed by atoms with Crippen molar-refractivity contribution in [1.29, 1.82) is 0 Å². The molecule has 25 heavy (non-hydrogen) atoms. The molecule has 1 amide bonds. The summed E-state index contributed by atoms with van der Waals surface area (Å²) in [5.41, 5.74) is 1.62. The number of piperidine rings is 1. The van der Waals surface area contributed by atoms with Crippen molar-refractivity contribution in [2.45, 2.75) is 45.1 Å². The van der Waals surface area contributed by atoms with Crippen molar-refractivity contribution in [1.82, 2.24) is 19.7 Å². The molecule has 1 fully saturated rings. The minimum absolute atomic E-state index is 0.000641. The van der Waals surface area contributed by atoms with Gasteiger partial charge < -0.3 is 10.0 Å². The molecule has 0 saturated carbocycles. The Hall–Kier alpha value is -2.22. The number of hydrogen-bond acceptors (Lipinski definition) is 5. The zero-order valence-electron chi connectivity index (χ0n) is 14.4. The van der Waals surface area contributed by atoms with E-state index in [2.05, 4.69) is 10.1 Å². The maximum atomic E-state index is 13.1. The highest BCUT2D eigenvalue weighted by Crippen LogP contribution is 2.31. The summed E-state index contributed by atoms with van der Waals surface area (Å²) >= 11 is 1.38. The smallest absolute Gasteiger partial charge is 0.303 e. The first-order valence-electron chi connectivity index (χ1n) is 8.45. The summed E-state index contributed by atoms with van der Waals surface area (Å²) in [7, 11) is 1.84. The molecule has 1 unspecified atom stereocenters. The Kier molecular flexibility index (Phi) is 5.17. The maximum absolute atomic E-state index is 13.1. The third kappa shape index (κ3) is 3.89. The van der Waals surface area contributed by atoms with Crippen LogP contribution < -0.4 is 0 Å². The highest BCUT2D eigenvalue weighted by Gasteiger charge is 2.30. The van der Waals surface area contributed by atoms with E-state index in [1.807, 2.05) is 25.1 Å². The van der Waals surface area contributed by atoms with Crippen molar-refractivity contribution in [2.75, 3.05) is 6.54 Å². The first kappa shape index (κ1) is 17.6. The van der Waals surface area contributed by atoms with E-state index >= 15 is 0 Å². The number of rotatable bonds is 5. The Balaban J connectivity index is 1.81. The summed E-state index contributed by atoms with van der Waals surface area (Å²) in [4.78, 5) is 31.0. The van der Waals surface area contributed by atoms with Crippen LogP contribution in [-0.2, 0) is 11.8 Å². The number of thiazole rings is 1. The van der Waals surface area contributed by atoms with Gasteiger partial charge in [-0.2, -0.15) is 5.10 Å². The van der Waals surface area contributed by atoms with Gasteiger partial charge in [0.05, 0.1) is 11.9 Å². The Labute approximate surface area is 150 Å². The lowest BCUT2D eigenvalue weighted by molar-refractivity contribution is -0.137. The monoisotopic (exact) mass is 362 g/mol. The first-order valence-corrected chi connectivity index (χ1v) is 9.26. The zero-order valence-corrected chi connectivity index (χ0v) is 15.3. The van der Waals surface area contributed by atoms with Crippen LogP contribution in [0.3, 0.4) is 0 Å². The van der Waals surface area contributed by atoms with Gasteiger partial charge in [-0.1, -0.05) is 0 Å². The molecular weight excluding hydrogens is 340 g/mol. The normalized spacial score (nSPS) is 17.7. The van der Waals surface area contributed by atoms with Crippen molar-refractivity contribution in [3.63, 3.8) is 0 Å². The van der Waals surface area contributed by atoms with Crippen molar-refractivity contribution >= 4 is 23.2 Å². The second-order valence-corrected chi connectivity index (χ2v) is 7.42. The lowest BCUT2D eigenvalue weighted by Crippen LogP contribution is -2.43. The van der Waals surface area contributed by atoms with E-state index in [9.17, 15) is 9.59 Å². The van der Waals surface area contributed by atoms with E-state index in [0.29, 0.717) is 17.8 Å².